The van der Waals surface area contributed by atoms with Crippen LogP contribution in [0.3, 0.4) is 0 Å². The van der Waals surface area contributed by atoms with Crippen molar-refractivity contribution in [3.63, 3.8) is 0 Å². The molecule has 1 fully saturated rings. The number of nitrogens with zero attached hydrogens (tertiary/aromatic N) is 2. The fraction of sp³-hybridized carbons (Fsp3) is 0.440. The highest BCUT2D eigenvalue weighted by Gasteiger charge is 2.40. The van der Waals surface area contributed by atoms with Crippen LogP contribution in [0.15, 0.2) is 36.4 Å². The Morgan fingerprint density at radius 2 is 1.71 bits per heavy atom. The van der Waals surface area contributed by atoms with E-state index in [9.17, 15) is 9.59 Å². The number of amides is 3. The van der Waals surface area contributed by atoms with Gasteiger partial charge in [-0.3, -0.25) is 4.79 Å². The summed E-state index contributed by atoms with van der Waals surface area (Å²) in [6.07, 6.45) is 2.09. The van der Waals surface area contributed by atoms with Crippen molar-refractivity contribution in [2.75, 3.05) is 51.5 Å². The number of hydrogen-bond acceptors (Lipinski definition) is 5. The van der Waals surface area contributed by atoms with Gasteiger partial charge in [-0.1, -0.05) is 17.6 Å². The highest BCUT2D eigenvalue weighted by Crippen LogP contribution is 2.32. The lowest BCUT2D eigenvalue weighted by molar-refractivity contribution is -0.119. The number of anilines is 2. The molecule has 0 radical (unpaired) electrons. The highest BCUT2D eigenvalue weighted by molar-refractivity contribution is 6.32. The topological polar surface area (TPSA) is 83.1 Å². The van der Waals surface area contributed by atoms with Crippen molar-refractivity contribution in [2.45, 2.75) is 31.4 Å². The Bertz CT molecular complexity index is 1050. The van der Waals surface area contributed by atoms with E-state index in [0.717, 1.165) is 31.4 Å². The number of hydrogen-bond donors (Lipinski definition) is 2. The predicted molar refractivity (Wildman–Crippen MR) is 136 cm³/mol. The second kappa shape index (κ2) is 10.5. The average molecular weight is 464 g/mol. The highest BCUT2D eigenvalue weighted by atomic mass is 16.5. The summed E-state index contributed by atoms with van der Waals surface area (Å²) in [7, 11) is 7.32. The lowest BCUT2D eigenvalue weighted by Crippen LogP contribution is -2.45. The van der Waals surface area contributed by atoms with E-state index >= 15 is 0 Å². The number of ether oxygens (including phenoxy) is 2. The van der Waals surface area contributed by atoms with Crippen LogP contribution < -0.4 is 20.8 Å². The van der Waals surface area contributed by atoms with Crippen molar-refractivity contribution in [1.29, 1.82) is 0 Å². The minimum Gasteiger partial charge on any atom is -0.495 e. The average Bonchev–Trinajstić information content (AvgIpc) is 3.20. The molecule has 0 aliphatic carbocycles. The third-order valence-electron chi connectivity index (χ3n) is 6.77. The van der Waals surface area contributed by atoms with Crippen molar-refractivity contribution < 1.29 is 19.1 Å². The monoisotopic (exact) mass is 464 g/mol. The van der Waals surface area contributed by atoms with Crippen LogP contribution in [0.4, 0.5) is 16.2 Å². The summed E-state index contributed by atoms with van der Waals surface area (Å²) < 4.78 is 11.1. The van der Waals surface area contributed by atoms with E-state index in [-0.39, 0.29) is 18.0 Å². The first-order chi connectivity index (χ1) is 16.4. The molecule has 2 N–H and O–H groups in total. The molecular formula is C25H33BN4O4. The summed E-state index contributed by atoms with van der Waals surface area (Å²) in [5.74, 6) is 0.385. The van der Waals surface area contributed by atoms with Crippen molar-refractivity contribution in [3.8, 4) is 5.75 Å². The molecule has 8 nitrogen and oxygen atoms in total. The predicted octanol–water partition coefficient (Wildman–Crippen LogP) is 1.24. The van der Waals surface area contributed by atoms with Crippen LogP contribution in [-0.4, -0.2) is 82.6 Å². The fourth-order valence-electron chi connectivity index (χ4n) is 4.62. The molecule has 0 spiro atoms. The minimum absolute atomic E-state index is 0.205. The molecule has 0 saturated carbocycles. The smallest absolute Gasteiger partial charge is 0.322 e. The maximum atomic E-state index is 13.4. The maximum Gasteiger partial charge on any atom is 0.322 e. The van der Waals surface area contributed by atoms with Gasteiger partial charge < -0.3 is 29.9 Å². The summed E-state index contributed by atoms with van der Waals surface area (Å²) in [6.45, 7) is 2.31. The van der Waals surface area contributed by atoms with E-state index in [2.05, 4.69) is 22.6 Å². The summed E-state index contributed by atoms with van der Waals surface area (Å²) in [6, 6.07) is 10.6. The van der Waals surface area contributed by atoms with Gasteiger partial charge in [-0.15, -0.1) is 0 Å². The number of benzene rings is 2. The lowest BCUT2D eigenvalue weighted by atomic mass is 9.96. The Labute approximate surface area is 202 Å². The zero-order valence-corrected chi connectivity index (χ0v) is 20.4. The molecule has 2 aliphatic heterocycles. The van der Waals surface area contributed by atoms with Gasteiger partial charge in [-0.25, -0.2) is 4.79 Å². The van der Waals surface area contributed by atoms with E-state index in [1.807, 2.05) is 44.2 Å². The Morgan fingerprint density at radius 3 is 2.35 bits per heavy atom. The first-order valence-electron chi connectivity index (χ1n) is 11.7. The number of nitrogens with one attached hydrogen (secondary N) is 2. The molecule has 2 aromatic carbocycles. The third-order valence-corrected chi connectivity index (χ3v) is 6.77. The van der Waals surface area contributed by atoms with E-state index in [1.165, 1.54) is 11.1 Å². The molecule has 1 unspecified atom stereocenters. The van der Waals surface area contributed by atoms with Crippen molar-refractivity contribution in [1.82, 2.24) is 9.80 Å². The first kappa shape index (κ1) is 24.1. The van der Waals surface area contributed by atoms with Crippen LogP contribution in [-0.2, 0) is 22.4 Å². The molecule has 4 rings (SSSR count). The molecular weight excluding hydrogens is 431 g/mol. The molecule has 0 bridgehead atoms. The Morgan fingerprint density at radius 1 is 1.03 bits per heavy atom. The van der Waals surface area contributed by atoms with E-state index in [1.54, 1.807) is 19.1 Å². The molecule has 2 aliphatic rings. The van der Waals surface area contributed by atoms with Crippen molar-refractivity contribution >= 4 is 36.6 Å². The zero-order valence-electron chi connectivity index (χ0n) is 20.4. The van der Waals surface area contributed by atoms with Gasteiger partial charge in [-0.05, 0) is 55.3 Å². The second-order valence-electron chi connectivity index (χ2n) is 9.17. The van der Waals surface area contributed by atoms with Gasteiger partial charge in [0.05, 0.1) is 18.9 Å². The van der Waals surface area contributed by atoms with Gasteiger partial charge in [0.2, 0.25) is 5.91 Å². The molecule has 3 amide bonds. The molecule has 9 heteroatoms. The molecule has 2 aromatic rings. The standard InChI is InChI=1S/C25H33BN4O4/c1-29-10-8-16-12-21(23(34-3)13-17(16)9-11-29)28-24(31)22-14-20(33-2)15-30(22)25(32)27-19-6-4-18(26)5-7-19/h4-7,12-13,20,22H,8-11,14-15,26H2,1-3H3,(H,27,32)(H,28,31)/t20?,22-/m1/s1. The van der Waals surface area contributed by atoms with Gasteiger partial charge in [0.1, 0.15) is 19.6 Å². The molecule has 2 atom stereocenters. The second-order valence-corrected chi connectivity index (χ2v) is 9.17. The normalized spacial score (nSPS) is 20.4. The number of likely N-dealkylation sites (N-methyl/N-ethyl adjacent to an activating group) is 1. The van der Waals surface area contributed by atoms with E-state index in [0.29, 0.717) is 30.1 Å². The molecule has 2 heterocycles. The fourth-order valence-corrected chi connectivity index (χ4v) is 4.62. The Hall–Kier alpha value is -3.04. The summed E-state index contributed by atoms with van der Waals surface area (Å²) in [5, 5.41) is 5.93. The van der Waals surface area contributed by atoms with Crippen LogP contribution in [0.25, 0.3) is 0 Å². The third kappa shape index (κ3) is 5.37. The number of likely N-dealkylation sites (tertiary alicyclic amines) is 1. The Balaban J connectivity index is 1.52. The van der Waals surface area contributed by atoms with E-state index < -0.39 is 6.04 Å². The number of urea groups is 1. The number of carbonyl (C=O) groups excluding carboxylic acids is 2. The quantitative estimate of drug-likeness (QED) is 0.651. The molecule has 180 valence electrons. The van der Waals surface area contributed by atoms with Crippen LogP contribution in [0.1, 0.15) is 17.5 Å². The van der Waals surface area contributed by atoms with Crippen LogP contribution in [0.5, 0.6) is 5.75 Å². The van der Waals surface area contributed by atoms with Crippen LogP contribution in [0.2, 0.25) is 0 Å². The van der Waals surface area contributed by atoms with Gasteiger partial charge in [0.15, 0.2) is 0 Å². The van der Waals surface area contributed by atoms with Crippen LogP contribution >= 0.6 is 0 Å². The number of rotatable bonds is 5. The van der Waals surface area contributed by atoms with E-state index in [4.69, 9.17) is 9.47 Å². The largest absolute Gasteiger partial charge is 0.495 e. The summed E-state index contributed by atoms with van der Waals surface area (Å²) in [5.41, 5.74) is 4.90. The summed E-state index contributed by atoms with van der Waals surface area (Å²) >= 11 is 0. The minimum atomic E-state index is -0.648. The van der Waals surface area contributed by atoms with Gasteiger partial charge in [-0.2, -0.15) is 0 Å². The zero-order chi connectivity index (χ0) is 24.2. The van der Waals surface area contributed by atoms with Crippen LogP contribution in [0, 0.1) is 0 Å². The Kier molecular flexibility index (Phi) is 7.43. The van der Waals surface area contributed by atoms with Gasteiger partial charge in [0, 0.05) is 38.9 Å². The maximum absolute atomic E-state index is 13.4. The van der Waals surface area contributed by atoms with Gasteiger partial charge >= 0.3 is 6.03 Å². The lowest BCUT2D eigenvalue weighted by Gasteiger charge is -2.24. The number of methoxy groups -OCH3 is 2. The number of fused-ring (bicyclic) bond motifs is 1. The van der Waals surface area contributed by atoms with Crippen molar-refractivity contribution in [3.05, 3.63) is 47.5 Å². The number of carbonyl (C=O) groups is 2. The van der Waals surface area contributed by atoms with Crippen molar-refractivity contribution in [2.24, 2.45) is 0 Å². The molecule has 34 heavy (non-hydrogen) atoms. The molecule has 0 aromatic heterocycles. The molecule has 1 saturated heterocycles. The van der Waals surface area contributed by atoms with Gasteiger partial charge in [0.25, 0.3) is 0 Å². The SMILES string of the molecule is Bc1ccc(NC(=O)N2CC(OC)C[C@@H]2C(=O)Nc2cc3c(cc2OC)CCN(C)CC3)cc1. The summed E-state index contributed by atoms with van der Waals surface area (Å²) in [4.78, 5) is 30.3. The first-order valence-corrected chi connectivity index (χ1v) is 11.7.